The van der Waals surface area contributed by atoms with Gasteiger partial charge in [0.25, 0.3) is 0 Å². The van der Waals surface area contributed by atoms with E-state index in [1.165, 1.54) is 11.1 Å². The number of carboxylic acids is 1. The number of aromatic nitrogens is 4. The highest BCUT2D eigenvalue weighted by Gasteiger charge is 2.10. The molecule has 100 valence electrons. The SMILES string of the molecule is Cc1cc(C)n(-c2cncc(N(C)CC(=O)O)n2)n1. The number of anilines is 1. The number of likely N-dealkylation sites (N-methyl/N-ethyl adjacent to an activating group) is 1. The van der Waals surface area contributed by atoms with Crippen LogP contribution in [-0.2, 0) is 4.79 Å². The van der Waals surface area contributed by atoms with Crippen LogP contribution in [0.15, 0.2) is 18.5 Å². The summed E-state index contributed by atoms with van der Waals surface area (Å²) in [5, 5.41) is 13.1. The van der Waals surface area contributed by atoms with Crippen molar-refractivity contribution >= 4 is 11.8 Å². The molecule has 0 saturated heterocycles. The second-order valence-corrected chi connectivity index (χ2v) is 4.32. The topological polar surface area (TPSA) is 84.1 Å². The lowest BCUT2D eigenvalue weighted by molar-refractivity contribution is -0.135. The van der Waals surface area contributed by atoms with E-state index in [2.05, 4.69) is 15.1 Å². The fourth-order valence-corrected chi connectivity index (χ4v) is 1.78. The lowest BCUT2D eigenvalue weighted by Crippen LogP contribution is -2.26. The van der Waals surface area contributed by atoms with Gasteiger partial charge >= 0.3 is 5.97 Å². The molecule has 0 aliphatic rings. The Morgan fingerprint density at radius 1 is 1.42 bits per heavy atom. The minimum absolute atomic E-state index is 0.130. The predicted molar refractivity (Wildman–Crippen MR) is 69.5 cm³/mol. The Morgan fingerprint density at radius 2 is 2.16 bits per heavy atom. The summed E-state index contributed by atoms with van der Waals surface area (Å²) >= 11 is 0. The highest BCUT2D eigenvalue weighted by atomic mass is 16.4. The summed E-state index contributed by atoms with van der Waals surface area (Å²) in [6.07, 6.45) is 3.12. The summed E-state index contributed by atoms with van der Waals surface area (Å²) < 4.78 is 1.68. The van der Waals surface area contributed by atoms with Crippen LogP contribution < -0.4 is 4.90 Å². The minimum Gasteiger partial charge on any atom is -0.480 e. The van der Waals surface area contributed by atoms with E-state index in [4.69, 9.17) is 5.11 Å². The van der Waals surface area contributed by atoms with Gasteiger partial charge in [0.05, 0.1) is 18.1 Å². The van der Waals surface area contributed by atoms with Crippen molar-refractivity contribution in [2.24, 2.45) is 0 Å². The first-order valence-electron chi connectivity index (χ1n) is 5.76. The van der Waals surface area contributed by atoms with Crippen LogP contribution in [0.1, 0.15) is 11.4 Å². The van der Waals surface area contributed by atoms with Gasteiger partial charge in [-0.2, -0.15) is 5.10 Å². The molecular weight excluding hydrogens is 246 g/mol. The second-order valence-electron chi connectivity index (χ2n) is 4.32. The number of nitrogens with zero attached hydrogens (tertiary/aromatic N) is 5. The number of rotatable bonds is 4. The Labute approximate surface area is 110 Å². The van der Waals surface area contributed by atoms with Crippen molar-refractivity contribution in [3.63, 3.8) is 0 Å². The fourth-order valence-electron chi connectivity index (χ4n) is 1.78. The van der Waals surface area contributed by atoms with Crippen molar-refractivity contribution in [1.29, 1.82) is 0 Å². The average Bonchev–Trinajstić information content (AvgIpc) is 2.68. The molecule has 2 rings (SSSR count). The second kappa shape index (κ2) is 5.05. The zero-order chi connectivity index (χ0) is 14.0. The molecule has 0 spiro atoms. The molecule has 0 fully saturated rings. The maximum absolute atomic E-state index is 10.7. The van der Waals surface area contributed by atoms with Crippen LogP contribution in [-0.4, -0.2) is 44.4 Å². The lowest BCUT2D eigenvalue weighted by atomic mass is 10.4. The van der Waals surface area contributed by atoms with E-state index in [0.717, 1.165) is 11.4 Å². The number of carbonyl (C=O) groups is 1. The molecule has 0 unspecified atom stereocenters. The van der Waals surface area contributed by atoms with E-state index in [-0.39, 0.29) is 6.54 Å². The zero-order valence-electron chi connectivity index (χ0n) is 11.0. The van der Waals surface area contributed by atoms with Gasteiger partial charge < -0.3 is 10.0 Å². The smallest absolute Gasteiger partial charge is 0.323 e. The van der Waals surface area contributed by atoms with E-state index in [1.54, 1.807) is 17.9 Å². The van der Waals surface area contributed by atoms with Gasteiger partial charge in [-0.3, -0.25) is 9.78 Å². The molecule has 0 bridgehead atoms. The summed E-state index contributed by atoms with van der Waals surface area (Å²) in [6, 6.07) is 1.94. The van der Waals surface area contributed by atoms with Crippen molar-refractivity contribution in [1.82, 2.24) is 19.7 Å². The Kier molecular flexibility index (Phi) is 3.46. The number of aryl methyl sites for hydroxylation is 2. The molecule has 2 aromatic rings. The third kappa shape index (κ3) is 2.87. The Bertz CT molecular complexity index is 608. The molecule has 0 amide bonds. The molecule has 0 saturated carbocycles. The van der Waals surface area contributed by atoms with Crippen LogP contribution in [0.2, 0.25) is 0 Å². The van der Waals surface area contributed by atoms with Crippen molar-refractivity contribution in [2.75, 3.05) is 18.5 Å². The van der Waals surface area contributed by atoms with Gasteiger partial charge in [-0.25, -0.2) is 9.67 Å². The van der Waals surface area contributed by atoms with Gasteiger partial charge in [-0.05, 0) is 19.9 Å². The Morgan fingerprint density at radius 3 is 2.74 bits per heavy atom. The molecule has 0 radical (unpaired) electrons. The van der Waals surface area contributed by atoms with Crippen LogP contribution >= 0.6 is 0 Å². The molecule has 19 heavy (non-hydrogen) atoms. The summed E-state index contributed by atoms with van der Waals surface area (Å²) in [5.41, 5.74) is 1.84. The molecule has 2 aromatic heterocycles. The minimum atomic E-state index is -0.916. The summed E-state index contributed by atoms with van der Waals surface area (Å²) in [6.45, 7) is 3.70. The number of hydrogen-bond donors (Lipinski definition) is 1. The molecule has 1 N–H and O–H groups in total. The maximum atomic E-state index is 10.7. The molecule has 0 aromatic carbocycles. The first-order valence-corrected chi connectivity index (χ1v) is 5.76. The maximum Gasteiger partial charge on any atom is 0.323 e. The standard InChI is InChI=1S/C12H15N5O2/c1-8-4-9(2)17(15-8)11-6-13-5-10(14-11)16(3)7-12(18)19/h4-6H,7H2,1-3H3,(H,18,19). The van der Waals surface area contributed by atoms with Crippen LogP contribution in [0.3, 0.4) is 0 Å². The lowest BCUT2D eigenvalue weighted by Gasteiger charge is -2.15. The van der Waals surface area contributed by atoms with Crippen molar-refractivity contribution in [3.8, 4) is 5.82 Å². The van der Waals surface area contributed by atoms with Crippen LogP contribution in [0.4, 0.5) is 5.82 Å². The summed E-state index contributed by atoms with van der Waals surface area (Å²) in [7, 11) is 1.66. The highest BCUT2D eigenvalue weighted by Crippen LogP contribution is 2.13. The number of aliphatic carboxylic acids is 1. The van der Waals surface area contributed by atoms with Crippen molar-refractivity contribution in [2.45, 2.75) is 13.8 Å². The monoisotopic (exact) mass is 261 g/mol. The highest BCUT2D eigenvalue weighted by molar-refractivity contribution is 5.72. The normalized spacial score (nSPS) is 10.5. The van der Waals surface area contributed by atoms with E-state index in [9.17, 15) is 4.79 Å². The van der Waals surface area contributed by atoms with Gasteiger partial charge in [-0.1, -0.05) is 0 Å². The molecular formula is C12H15N5O2. The van der Waals surface area contributed by atoms with Gasteiger partial charge in [-0.15, -0.1) is 0 Å². The third-order valence-corrected chi connectivity index (χ3v) is 2.60. The van der Waals surface area contributed by atoms with E-state index in [1.807, 2.05) is 19.9 Å². The van der Waals surface area contributed by atoms with Crippen LogP contribution in [0, 0.1) is 13.8 Å². The number of carboxylic acid groups (broad SMARTS) is 1. The first-order chi connectivity index (χ1) is 8.97. The first kappa shape index (κ1) is 13.0. The molecule has 7 nitrogen and oxygen atoms in total. The van der Waals surface area contributed by atoms with E-state index >= 15 is 0 Å². The van der Waals surface area contributed by atoms with Gasteiger partial charge in [0.2, 0.25) is 0 Å². The quantitative estimate of drug-likeness (QED) is 0.876. The number of hydrogen-bond acceptors (Lipinski definition) is 5. The predicted octanol–water partition coefficient (Wildman–Crippen LogP) is 0.800. The Hall–Kier alpha value is -2.44. The molecule has 0 aliphatic heterocycles. The largest absolute Gasteiger partial charge is 0.480 e. The third-order valence-electron chi connectivity index (χ3n) is 2.60. The molecule has 0 atom stereocenters. The van der Waals surface area contributed by atoms with Crippen LogP contribution in [0.25, 0.3) is 5.82 Å². The van der Waals surface area contributed by atoms with Gasteiger partial charge in [0.1, 0.15) is 12.4 Å². The molecule has 7 heteroatoms. The van der Waals surface area contributed by atoms with Crippen LogP contribution in [0.5, 0.6) is 0 Å². The van der Waals surface area contributed by atoms with Crippen molar-refractivity contribution in [3.05, 3.63) is 29.8 Å². The van der Waals surface area contributed by atoms with E-state index in [0.29, 0.717) is 11.6 Å². The Balaban J connectivity index is 2.34. The van der Waals surface area contributed by atoms with Gasteiger partial charge in [0.15, 0.2) is 5.82 Å². The zero-order valence-corrected chi connectivity index (χ0v) is 11.0. The fraction of sp³-hybridized carbons (Fsp3) is 0.333. The average molecular weight is 261 g/mol. The van der Waals surface area contributed by atoms with Gasteiger partial charge in [0, 0.05) is 12.7 Å². The summed E-state index contributed by atoms with van der Waals surface area (Å²) in [5.74, 6) is 0.147. The molecule has 0 aliphatic carbocycles. The molecule has 2 heterocycles. The van der Waals surface area contributed by atoms with Crippen molar-refractivity contribution < 1.29 is 9.90 Å². The summed E-state index contributed by atoms with van der Waals surface area (Å²) in [4.78, 5) is 20.7. The van der Waals surface area contributed by atoms with E-state index < -0.39 is 5.97 Å².